The van der Waals surface area contributed by atoms with Crippen LogP contribution in [-0.4, -0.2) is 50.8 Å². The van der Waals surface area contributed by atoms with Crippen LogP contribution in [0.25, 0.3) is 0 Å². The van der Waals surface area contributed by atoms with E-state index in [1.165, 1.54) is 0 Å². The van der Waals surface area contributed by atoms with E-state index >= 15 is 0 Å². The molecule has 1 radical (unpaired) electrons. The molecule has 0 spiro atoms. The predicted octanol–water partition coefficient (Wildman–Crippen LogP) is 1.89. The molecule has 0 amide bonds. The summed E-state index contributed by atoms with van der Waals surface area (Å²) in [5.74, 6) is 0.377. The number of ether oxygens (including phenoxy) is 1. The van der Waals surface area contributed by atoms with Crippen LogP contribution in [0.5, 0.6) is 5.75 Å². The van der Waals surface area contributed by atoms with Gasteiger partial charge in [-0.05, 0) is 25.3 Å². The van der Waals surface area contributed by atoms with Crippen molar-refractivity contribution in [2.24, 2.45) is 0 Å². The van der Waals surface area contributed by atoms with Crippen molar-refractivity contribution < 1.29 is 17.3 Å². The van der Waals surface area contributed by atoms with E-state index in [1.807, 2.05) is 12.1 Å². The van der Waals surface area contributed by atoms with Gasteiger partial charge in [-0.15, -0.1) is 0 Å². The zero-order valence-corrected chi connectivity index (χ0v) is 13.6. The van der Waals surface area contributed by atoms with E-state index in [2.05, 4.69) is 0 Å². The van der Waals surface area contributed by atoms with Gasteiger partial charge in [-0.1, -0.05) is 18.2 Å². The van der Waals surface area contributed by atoms with Crippen molar-refractivity contribution in [3.63, 3.8) is 0 Å². The smallest absolute Gasteiger partial charge is 0.306 e. The van der Waals surface area contributed by atoms with Gasteiger partial charge >= 0.3 is 10.1 Å². The molecule has 1 aliphatic heterocycles. The van der Waals surface area contributed by atoms with Gasteiger partial charge < -0.3 is 8.92 Å². The minimum atomic E-state index is -3.49. The summed E-state index contributed by atoms with van der Waals surface area (Å²) in [5, 5.41) is 0. The summed E-state index contributed by atoms with van der Waals surface area (Å²) in [6.07, 6.45) is 4.06. The van der Waals surface area contributed by atoms with Gasteiger partial charge in [-0.2, -0.15) is 8.42 Å². The van der Waals surface area contributed by atoms with E-state index in [0.29, 0.717) is 5.75 Å². The van der Waals surface area contributed by atoms with E-state index in [0.717, 1.165) is 37.7 Å². The first-order chi connectivity index (χ1) is 8.06. The zero-order chi connectivity index (χ0) is 12.3. The van der Waals surface area contributed by atoms with Gasteiger partial charge in [0.2, 0.25) is 0 Å². The summed E-state index contributed by atoms with van der Waals surface area (Å²) in [5.41, 5.74) is 0.817. The molecule has 1 unspecified atom stereocenters. The summed E-state index contributed by atoms with van der Waals surface area (Å²) in [6.45, 7) is 0.720. The van der Waals surface area contributed by atoms with Crippen molar-refractivity contribution in [3.8, 4) is 5.75 Å². The molecule has 0 bridgehead atoms. The maximum atomic E-state index is 11.2. The number of para-hydroxylation sites is 1. The second-order valence-electron chi connectivity index (χ2n) is 4.18. The molecule has 1 aromatic carbocycles. The molecule has 1 aliphatic rings. The Morgan fingerprint density at radius 2 is 2.00 bits per heavy atom. The van der Waals surface area contributed by atoms with E-state index < -0.39 is 10.1 Å². The monoisotopic (exact) mass is 279 g/mol. The molecule has 0 saturated carbocycles. The van der Waals surface area contributed by atoms with Crippen LogP contribution in [-0.2, 0) is 14.9 Å². The standard InChI is InChI=1S/C12H16O4S.Na/c1-17(13,14)16-12-8-3-2-6-10(12)11-7-4-5-9-15-11;/h2-3,6,8,11H,4-5,7,9H2,1H3;. The molecule has 1 heterocycles. The van der Waals surface area contributed by atoms with Crippen LogP contribution in [0, 0.1) is 0 Å². The maximum Gasteiger partial charge on any atom is 0.306 e. The summed E-state index contributed by atoms with van der Waals surface area (Å²) in [4.78, 5) is 0. The number of hydrogen-bond acceptors (Lipinski definition) is 4. The van der Waals surface area contributed by atoms with Crippen LogP contribution in [0.2, 0.25) is 0 Å². The minimum absolute atomic E-state index is 0. The fraction of sp³-hybridized carbons (Fsp3) is 0.500. The molecule has 18 heavy (non-hydrogen) atoms. The van der Waals surface area contributed by atoms with Crippen LogP contribution >= 0.6 is 0 Å². The Kier molecular flexibility index (Phi) is 6.14. The van der Waals surface area contributed by atoms with Crippen molar-refractivity contribution in [1.82, 2.24) is 0 Å². The Labute approximate surface area is 130 Å². The molecule has 0 N–H and O–H groups in total. The van der Waals surface area contributed by atoms with E-state index in [-0.39, 0.29) is 35.7 Å². The third-order valence-corrected chi connectivity index (χ3v) is 3.17. The SMILES string of the molecule is CS(=O)(=O)Oc1ccccc1C1CCCCO1.[Na]. The van der Waals surface area contributed by atoms with Crippen molar-refractivity contribution in [2.75, 3.05) is 12.9 Å². The van der Waals surface area contributed by atoms with Gasteiger partial charge in [0.05, 0.1) is 12.4 Å². The second-order valence-corrected chi connectivity index (χ2v) is 5.76. The Morgan fingerprint density at radius 3 is 2.61 bits per heavy atom. The van der Waals surface area contributed by atoms with Crippen molar-refractivity contribution in [1.29, 1.82) is 0 Å². The Hall–Kier alpha value is -0.0700. The number of hydrogen-bond donors (Lipinski definition) is 0. The quantitative estimate of drug-likeness (QED) is 0.626. The molecule has 95 valence electrons. The first-order valence-electron chi connectivity index (χ1n) is 5.66. The first-order valence-corrected chi connectivity index (χ1v) is 7.48. The summed E-state index contributed by atoms with van der Waals surface area (Å²) < 4.78 is 33.0. The van der Waals surface area contributed by atoms with Crippen LogP contribution < -0.4 is 4.18 Å². The molecule has 0 aromatic heterocycles. The van der Waals surface area contributed by atoms with Crippen molar-refractivity contribution in [3.05, 3.63) is 29.8 Å². The normalized spacial score (nSPS) is 19.9. The molecule has 4 nitrogen and oxygen atoms in total. The largest absolute Gasteiger partial charge is 0.382 e. The minimum Gasteiger partial charge on any atom is -0.382 e. The van der Waals surface area contributed by atoms with E-state index in [1.54, 1.807) is 12.1 Å². The van der Waals surface area contributed by atoms with Crippen LogP contribution in [0.15, 0.2) is 24.3 Å². The Bertz CT molecular complexity index is 481. The van der Waals surface area contributed by atoms with Gasteiger partial charge in [0.25, 0.3) is 0 Å². The van der Waals surface area contributed by atoms with Gasteiger partial charge in [-0.3, -0.25) is 0 Å². The molecule has 1 saturated heterocycles. The van der Waals surface area contributed by atoms with Crippen LogP contribution in [0.3, 0.4) is 0 Å². The molecular formula is C12H16NaO4S. The molecule has 2 rings (SSSR count). The average molecular weight is 279 g/mol. The van der Waals surface area contributed by atoms with E-state index in [4.69, 9.17) is 8.92 Å². The number of benzene rings is 1. The van der Waals surface area contributed by atoms with Crippen molar-refractivity contribution >= 4 is 39.7 Å². The zero-order valence-electron chi connectivity index (χ0n) is 10.8. The summed E-state index contributed by atoms with van der Waals surface area (Å²) in [7, 11) is -3.49. The predicted molar refractivity (Wildman–Crippen MR) is 70.2 cm³/mol. The second kappa shape index (κ2) is 6.91. The average Bonchev–Trinajstić information content (AvgIpc) is 2.29. The molecule has 6 heteroatoms. The third kappa shape index (κ3) is 4.55. The molecule has 0 aliphatic carbocycles. The molecule has 1 aromatic rings. The van der Waals surface area contributed by atoms with Gasteiger partial charge in [0.1, 0.15) is 5.75 Å². The fourth-order valence-corrected chi connectivity index (χ4v) is 2.45. The maximum absolute atomic E-state index is 11.2. The summed E-state index contributed by atoms with van der Waals surface area (Å²) >= 11 is 0. The van der Waals surface area contributed by atoms with Crippen LogP contribution in [0.4, 0.5) is 0 Å². The number of rotatable bonds is 3. The van der Waals surface area contributed by atoms with Crippen molar-refractivity contribution in [2.45, 2.75) is 25.4 Å². The topological polar surface area (TPSA) is 52.6 Å². The molecular weight excluding hydrogens is 263 g/mol. The van der Waals surface area contributed by atoms with E-state index in [9.17, 15) is 8.42 Å². The van der Waals surface area contributed by atoms with Gasteiger partial charge in [0.15, 0.2) is 0 Å². The molecule has 1 atom stereocenters. The Morgan fingerprint density at radius 1 is 1.28 bits per heavy atom. The first kappa shape index (κ1) is 16.0. The third-order valence-electron chi connectivity index (χ3n) is 2.69. The fourth-order valence-electron chi connectivity index (χ4n) is 1.97. The van der Waals surface area contributed by atoms with Gasteiger partial charge in [0, 0.05) is 41.7 Å². The van der Waals surface area contributed by atoms with Crippen LogP contribution in [0.1, 0.15) is 30.9 Å². The van der Waals surface area contributed by atoms with Gasteiger partial charge in [-0.25, -0.2) is 0 Å². The molecule has 1 fully saturated rings. The Balaban J connectivity index is 0.00000162. The summed E-state index contributed by atoms with van der Waals surface area (Å²) in [6, 6.07) is 7.14.